The molecule has 3 aliphatic rings. The SMILES string of the molecule is O=C(CN1C[C@@H]2CC[C@H]1C2)NCc1ccc(N2CCCC2=O)cc1. The molecule has 2 amide bonds. The summed E-state index contributed by atoms with van der Waals surface area (Å²) in [7, 11) is 0. The molecule has 1 aromatic rings. The standard InChI is InChI=1S/C19H25N3O2/c23-18(13-21-12-15-5-8-17(21)10-15)20-11-14-3-6-16(7-4-14)22-9-1-2-19(22)24/h3-4,6-7,15,17H,1-2,5,8-13H2,(H,20,23)/t15-,17+/m1/s1. The van der Waals surface area contributed by atoms with E-state index in [1.807, 2.05) is 29.2 Å². The Morgan fingerprint density at radius 3 is 2.67 bits per heavy atom. The largest absolute Gasteiger partial charge is 0.351 e. The first kappa shape index (κ1) is 15.6. The van der Waals surface area contributed by atoms with Gasteiger partial charge in [-0.1, -0.05) is 12.1 Å². The summed E-state index contributed by atoms with van der Waals surface area (Å²) < 4.78 is 0. The van der Waals surface area contributed by atoms with Crippen LogP contribution in [0.1, 0.15) is 37.7 Å². The Balaban J connectivity index is 1.26. The number of nitrogens with one attached hydrogen (secondary N) is 1. The molecule has 5 nitrogen and oxygen atoms in total. The normalized spacial score (nSPS) is 26.3. The predicted molar refractivity (Wildman–Crippen MR) is 92.6 cm³/mol. The molecule has 2 heterocycles. The fourth-order valence-electron chi connectivity index (χ4n) is 4.38. The van der Waals surface area contributed by atoms with E-state index in [9.17, 15) is 9.59 Å². The number of hydrogen-bond donors (Lipinski definition) is 1. The Bertz CT molecular complexity index is 628. The summed E-state index contributed by atoms with van der Waals surface area (Å²) in [5, 5.41) is 3.02. The molecule has 1 aromatic carbocycles. The second-order valence-electron chi connectivity index (χ2n) is 7.35. The summed E-state index contributed by atoms with van der Waals surface area (Å²) >= 11 is 0. The van der Waals surface area contributed by atoms with Gasteiger partial charge in [0, 0.05) is 37.8 Å². The van der Waals surface area contributed by atoms with Crippen LogP contribution in [0.5, 0.6) is 0 Å². The van der Waals surface area contributed by atoms with Crippen molar-refractivity contribution in [3.05, 3.63) is 29.8 Å². The average Bonchev–Trinajstić information content (AvgIpc) is 3.30. The van der Waals surface area contributed by atoms with Crippen molar-refractivity contribution >= 4 is 17.5 Å². The number of carbonyl (C=O) groups is 2. The maximum atomic E-state index is 12.2. The van der Waals surface area contributed by atoms with Gasteiger partial charge in [0.05, 0.1) is 6.54 Å². The van der Waals surface area contributed by atoms with E-state index in [0.29, 0.717) is 25.6 Å². The molecule has 0 aromatic heterocycles. The van der Waals surface area contributed by atoms with Gasteiger partial charge in [-0.25, -0.2) is 0 Å². The molecule has 4 rings (SSSR count). The van der Waals surface area contributed by atoms with Crippen molar-refractivity contribution in [3.63, 3.8) is 0 Å². The van der Waals surface area contributed by atoms with Crippen molar-refractivity contribution in [2.24, 2.45) is 5.92 Å². The second-order valence-corrected chi connectivity index (χ2v) is 7.35. The maximum absolute atomic E-state index is 12.2. The third-order valence-corrected chi connectivity index (χ3v) is 5.68. The molecule has 0 radical (unpaired) electrons. The molecular weight excluding hydrogens is 302 g/mol. The Kier molecular flexibility index (Phi) is 4.27. The molecule has 2 aliphatic heterocycles. The van der Waals surface area contributed by atoms with Gasteiger partial charge in [-0.15, -0.1) is 0 Å². The van der Waals surface area contributed by atoms with Crippen molar-refractivity contribution in [2.45, 2.75) is 44.7 Å². The summed E-state index contributed by atoms with van der Waals surface area (Å²) in [5.74, 6) is 1.14. The lowest BCUT2D eigenvalue weighted by Gasteiger charge is -2.25. The number of likely N-dealkylation sites (tertiary alicyclic amines) is 1. The molecule has 2 atom stereocenters. The van der Waals surface area contributed by atoms with Crippen LogP contribution in [0.25, 0.3) is 0 Å². The van der Waals surface area contributed by atoms with E-state index in [2.05, 4.69) is 10.2 Å². The smallest absolute Gasteiger partial charge is 0.234 e. The van der Waals surface area contributed by atoms with Crippen LogP contribution in [-0.4, -0.2) is 42.4 Å². The number of piperidine rings is 1. The minimum absolute atomic E-state index is 0.112. The van der Waals surface area contributed by atoms with Crippen LogP contribution < -0.4 is 10.2 Å². The number of rotatable bonds is 5. The highest BCUT2D eigenvalue weighted by Crippen LogP contribution is 2.36. The van der Waals surface area contributed by atoms with E-state index in [4.69, 9.17) is 0 Å². The van der Waals surface area contributed by atoms with Crippen LogP contribution in [0.2, 0.25) is 0 Å². The Morgan fingerprint density at radius 1 is 1.21 bits per heavy atom. The number of hydrogen-bond acceptors (Lipinski definition) is 3. The van der Waals surface area contributed by atoms with Crippen molar-refractivity contribution in [3.8, 4) is 0 Å². The molecule has 0 unspecified atom stereocenters. The second kappa shape index (κ2) is 6.55. The van der Waals surface area contributed by atoms with Gasteiger partial charge in [-0.3, -0.25) is 14.5 Å². The third kappa shape index (κ3) is 3.18. The Morgan fingerprint density at radius 2 is 2.04 bits per heavy atom. The lowest BCUT2D eigenvalue weighted by molar-refractivity contribution is -0.122. The number of anilines is 1. The first-order valence-corrected chi connectivity index (χ1v) is 9.09. The highest BCUT2D eigenvalue weighted by molar-refractivity contribution is 5.95. The van der Waals surface area contributed by atoms with E-state index in [1.54, 1.807) is 0 Å². The number of carbonyl (C=O) groups excluding carboxylic acids is 2. The van der Waals surface area contributed by atoms with Gasteiger partial charge in [0.15, 0.2) is 0 Å². The lowest BCUT2D eigenvalue weighted by atomic mass is 10.1. The fourth-order valence-corrected chi connectivity index (χ4v) is 4.38. The minimum Gasteiger partial charge on any atom is -0.351 e. The van der Waals surface area contributed by atoms with Gasteiger partial charge >= 0.3 is 0 Å². The Labute approximate surface area is 143 Å². The zero-order valence-electron chi connectivity index (χ0n) is 14.0. The summed E-state index contributed by atoms with van der Waals surface area (Å²) in [5.41, 5.74) is 2.03. The van der Waals surface area contributed by atoms with Crippen LogP contribution in [0.4, 0.5) is 5.69 Å². The van der Waals surface area contributed by atoms with Gasteiger partial charge < -0.3 is 10.2 Å². The van der Waals surface area contributed by atoms with E-state index >= 15 is 0 Å². The van der Waals surface area contributed by atoms with Gasteiger partial charge in [-0.2, -0.15) is 0 Å². The molecular formula is C19H25N3O2. The van der Waals surface area contributed by atoms with Gasteiger partial charge in [-0.05, 0) is 49.3 Å². The van der Waals surface area contributed by atoms with Crippen molar-refractivity contribution in [1.29, 1.82) is 0 Å². The van der Waals surface area contributed by atoms with Crippen molar-refractivity contribution < 1.29 is 9.59 Å². The van der Waals surface area contributed by atoms with Crippen LogP contribution >= 0.6 is 0 Å². The van der Waals surface area contributed by atoms with E-state index < -0.39 is 0 Å². The lowest BCUT2D eigenvalue weighted by Crippen LogP contribution is -2.40. The number of benzene rings is 1. The number of amides is 2. The number of nitrogens with zero attached hydrogens (tertiary/aromatic N) is 2. The summed E-state index contributed by atoms with van der Waals surface area (Å²) in [4.78, 5) is 28.1. The quantitative estimate of drug-likeness (QED) is 0.899. The molecule has 5 heteroatoms. The molecule has 1 aliphatic carbocycles. The molecule has 24 heavy (non-hydrogen) atoms. The Hall–Kier alpha value is -1.88. The zero-order chi connectivity index (χ0) is 16.5. The van der Waals surface area contributed by atoms with Crippen LogP contribution in [-0.2, 0) is 16.1 Å². The molecule has 2 saturated heterocycles. The highest BCUT2D eigenvalue weighted by Gasteiger charge is 2.38. The van der Waals surface area contributed by atoms with Crippen molar-refractivity contribution in [2.75, 3.05) is 24.5 Å². The van der Waals surface area contributed by atoms with Crippen LogP contribution in [0.15, 0.2) is 24.3 Å². The van der Waals surface area contributed by atoms with Crippen LogP contribution in [0.3, 0.4) is 0 Å². The molecule has 1 N–H and O–H groups in total. The fraction of sp³-hybridized carbons (Fsp3) is 0.579. The van der Waals surface area contributed by atoms with Crippen LogP contribution in [0, 0.1) is 5.92 Å². The van der Waals surface area contributed by atoms with E-state index in [1.165, 1.54) is 19.3 Å². The average molecular weight is 327 g/mol. The summed E-state index contributed by atoms with van der Waals surface area (Å²) in [6.45, 7) is 2.99. The van der Waals surface area contributed by atoms with Gasteiger partial charge in [0.1, 0.15) is 0 Å². The molecule has 0 spiro atoms. The molecule has 3 fully saturated rings. The monoisotopic (exact) mass is 327 g/mol. The third-order valence-electron chi connectivity index (χ3n) is 5.68. The van der Waals surface area contributed by atoms with Gasteiger partial charge in [0.2, 0.25) is 11.8 Å². The van der Waals surface area contributed by atoms with E-state index in [-0.39, 0.29) is 11.8 Å². The zero-order valence-corrected chi connectivity index (χ0v) is 14.0. The molecule has 128 valence electrons. The first-order valence-electron chi connectivity index (χ1n) is 9.09. The van der Waals surface area contributed by atoms with E-state index in [0.717, 1.165) is 36.7 Å². The topological polar surface area (TPSA) is 52.7 Å². The molecule has 1 saturated carbocycles. The number of fused-ring (bicyclic) bond motifs is 2. The highest BCUT2D eigenvalue weighted by atomic mass is 16.2. The molecule has 2 bridgehead atoms. The summed E-state index contributed by atoms with van der Waals surface area (Å²) in [6, 6.07) is 8.59. The van der Waals surface area contributed by atoms with Gasteiger partial charge in [0.25, 0.3) is 0 Å². The first-order chi connectivity index (χ1) is 11.7. The predicted octanol–water partition coefficient (Wildman–Crippen LogP) is 1.91. The summed E-state index contributed by atoms with van der Waals surface area (Å²) in [6.07, 6.45) is 5.47. The van der Waals surface area contributed by atoms with Crippen molar-refractivity contribution in [1.82, 2.24) is 10.2 Å². The minimum atomic E-state index is 0.112. The maximum Gasteiger partial charge on any atom is 0.234 e.